The zero-order chi connectivity index (χ0) is 24.7. The maximum absolute atomic E-state index is 10.6. The van der Waals surface area contributed by atoms with Crippen LogP contribution in [0.25, 0.3) is 0 Å². The Kier molecular flexibility index (Phi) is 5.84. The molecule has 9 nitrogen and oxygen atoms in total. The highest BCUT2D eigenvalue weighted by molar-refractivity contribution is 5.89. The Morgan fingerprint density at radius 3 is 2.32 bits per heavy atom. The van der Waals surface area contributed by atoms with Gasteiger partial charge in [-0.25, -0.2) is 0 Å². The van der Waals surface area contributed by atoms with Crippen LogP contribution in [0.15, 0.2) is 12.1 Å². The van der Waals surface area contributed by atoms with Gasteiger partial charge >= 0.3 is 0 Å². The van der Waals surface area contributed by atoms with Gasteiger partial charge in [0.1, 0.15) is 6.10 Å². The van der Waals surface area contributed by atoms with Crippen LogP contribution >= 0.6 is 0 Å². The summed E-state index contributed by atoms with van der Waals surface area (Å²) in [4.78, 5) is 0. The van der Waals surface area contributed by atoms with Crippen LogP contribution in [0.2, 0.25) is 0 Å². The van der Waals surface area contributed by atoms with Crippen molar-refractivity contribution in [3.8, 4) is 35.5 Å². The molecule has 0 spiro atoms. The lowest BCUT2D eigenvalue weighted by Gasteiger charge is -2.53. The predicted molar refractivity (Wildman–Crippen MR) is 119 cm³/mol. The second-order valence-corrected chi connectivity index (χ2v) is 9.10. The lowest BCUT2D eigenvalue weighted by Crippen LogP contribution is -2.61. The first-order valence-electron chi connectivity index (χ1n) is 11.4. The summed E-state index contributed by atoms with van der Waals surface area (Å²) in [6.07, 6.45) is 2.54. The molecule has 0 aromatic heterocycles. The average molecular weight is 465 g/mol. The van der Waals surface area contributed by atoms with Crippen molar-refractivity contribution in [3.63, 3.8) is 0 Å². The van der Waals surface area contributed by atoms with E-state index in [0.29, 0.717) is 30.1 Å². The number of ether oxygens (including phenoxy) is 5. The van der Waals surface area contributed by atoms with Crippen molar-refractivity contribution in [2.24, 2.45) is 22.7 Å². The van der Waals surface area contributed by atoms with Crippen molar-refractivity contribution in [3.05, 3.63) is 17.7 Å². The number of benzene rings is 1. The van der Waals surface area contributed by atoms with E-state index >= 15 is 0 Å². The van der Waals surface area contributed by atoms with Crippen LogP contribution in [-0.2, 0) is 9.47 Å². The second-order valence-electron chi connectivity index (χ2n) is 9.10. The Morgan fingerprint density at radius 1 is 1.06 bits per heavy atom. The molecule has 178 valence electrons. The van der Waals surface area contributed by atoms with Gasteiger partial charge in [-0.2, -0.15) is 15.8 Å². The Morgan fingerprint density at radius 2 is 1.76 bits per heavy atom. The van der Waals surface area contributed by atoms with Crippen molar-refractivity contribution in [2.45, 2.75) is 50.9 Å². The molecule has 3 aliphatic rings. The lowest BCUT2D eigenvalue weighted by atomic mass is 9.50. The van der Waals surface area contributed by atoms with Crippen molar-refractivity contribution < 1.29 is 23.7 Å². The quantitative estimate of drug-likeness (QED) is 0.658. The van der Waals surface area contributed by atoms with Gasteiger partial charge in [0.25, 0.3) is 0 Å². The molecule has 1 aromatic carbocycles. The van der Waals surface area contributed by atoms with Gasteiger partial charge < -0.3 is 23.7 Å². The van der Waals surface area contributed by atoms with E-state index in [4.69, 9.17) is 29.1 Å². The van der Waals surface area contributed by atoms with E-state index in [1.165, 1.54) is 21.3 Å². The van der Waals surface area contributed by atoms with Crippen LogP contribution in [0.4, 0.5) is 0 Å². The first-order chi connectivity index (χ1) is 16.4. The van der Waals surface area contributed by atoms with E-state index in [9.17, 15) is 15.8 Å². The van der Waals surface area contributed by atoms with E-state index in [0.717, 1.165) is 19.3 Å². The van der Waals surface area contributed by atoms with Gasteiger partial charge in [0, 0.05) is 12.0 Å². The Bertz CT molecular complexity index is 1120. The SMILES string of the molecule is CCCC1CCC23OC(=N)C(C#N)(C2C1)C(C#N)(C#N)C(c1ccc(OC)c(OC)c1OC)O3. The standard InChI is InChI=1S/C25H28N4O5/c1-5-6-15-9-10-25-18(11-15)24(14-28,22(29)34-25)23(12-26,13-27)21(33-25)16-7-8-17(30-2)20(32-4)19(16)31-3/h7-8,15,18,21,29H,5-6,9-11H2,1-4H3. The molecule has 1 N–H and O–H groups in total. The lowest BCUT2D eigenvalue weighted by molar-refractivity contribution is -0.299. The molecule has 2 saturated heterocycles. The summed E-state index contributed by atoms with van der Waals surface area (Å²) in [5, 5.41) is 40.3. The summed E-state index contributed by atoms with van der Waals surface area (Å²) in [5.74, 6) is -1.04. The van der Waals surface area contributed by atoms with Crippen LogP contribution in [0.1, 0.15) is 50.7 Å². The minimum Gasteiger partial charge on any atom is -0.493 e. The summed E-state index contributed by atoms with van der Waals surface area (Å²) < 4.78 is 29.1. The first-order valence-corrected chi connectivity index (χ1v) is 11.4. The van der Waals surface area contributed by atoms with Crippen molar-refractivity contribution in [1.82, 2.24) is 0 Å². The van der Waals surface area contributed by atoms with Crippen LogP contribution in [0.3, 0.4) is 0 Å². The molecule has 2 bridgehead atoms. The maximum Gasteiger partial charge on any atom is 0.217 e. The van der Waals surface area contributed by atoms with Crippen molar-refractivity contribution in [1.29, 1.82) is 21.2 Å². The van der Waals surface area contributed by atoms with Gasteiger partial charge in [-0.15, -0.1) is 0 Å². The summed E-state index contributed by atoms with van der Waals surface area (Å²) in [6, 6.07) is 9.70. The minimum absolute atomic E-state index is 0.232. The van der Waals surface area contributed by atoms with Crippen molar-refractivity contribution in [2.75, 3.05) is 21.3 Å². The van der Waals surface area contributed by atoms with Crippen LogP contribution in [0, 0.1) is 62.1 Å². The molecule has 0 amide bonds. The van der Waals surface area contributed by atoms with Crippen LogP contribution in [-0.4, -0.2) is 33.0 Å². The minimum atomic E-state index is -2.05. The first kappa shape index (κ1) is 23.7. The number of hydrogen-bond acceptors (Lipinski definition) is 9. The smallest absolute Gasteiger partial charge is 0.217 e. The fraction of sp³-hybridized carbons (Fsp3) is 0.600. The van der Waals surface area contributed by atoms with E-state index in [2.05, 4.69) is 25.1 Å². The maximum atomic E-state index is 10.6. The van der Waals surface area contributed by atoms with E-state index < -0.39 is 28.6 Å². The number of nitrogens with zero attached hydrogens (tertiary/aromatic N) is 3. The van der Waals surface area contributed by atoms with Gasteiger partial charge in [-0.3, -0.25) is 5.41 Å². The molecular formula is C25H28N4O5. The van der Waals surface area contributed by atoms with Gasteiger partial charge in [0.2, 0.25) is 22.8 Å². The van der Waals surface area contributed by atoms with Gasteiger partial charge in [-0.1, -0.05) is 19.8 Å². The number of methoxy groups -OCH3 is 3. The number of hydrogen-bond donors (Lipinski definition) is 1. The third-order valence-corrected chi connectivity index (χ3v) is 7.73. The molecule has 1 saturated carbocycles. The fourth-order valence-electron chi connectivity index (χ4n) is 6.20. The van der Waals surface area contributed by atoms with E-state index in [1.807, 2.05) is 0 Å². The molecule has 1 aliphatic carbocycles. The number of nitrogens with one attached hydrogen (secondary N) is 1. The highest BCUT2D eigenvalue weighted by atomic mass is 16.7. The summed E-state index contributed by atoms with van der Waals surface area (Å²) in [5.41, 5.74) is -3.48. The van der Waals surface area contributed by atoms with Gasteiger partial charge in [0.15, 0.2) is 16.9 Å². The summed E-state index contributed by atoms with van der Waals surface area (Å²) >= 11 is 0. The normalized spacial score (nSPS) is 32.9. The summed E-state index contributed by atoms with van der Waals surface area (Å²) in [7, 11) is 4.38. The summed E-state index contributed by atoms with van der Waals surface area (Å²) in [6.45, 7) is 2.10. The van der Waals surface area contributed by atoms with Gasteiger partial charge in [0.05, 0.1) is 45.5 Å². The molecule has 34 heavy (non-hydrogen) atoms. The zero-order valence-electron chi connectivity index (χ0n) is 19.8. The highest BCUT2D eigenvalue weighted by Crippen LogP contribution is 2.71. The molecule has 4 rings (SSSR count). The molecule has 0 radical (unpaired) electrons. The number of rotatable bonds is 6. The van der Waals surface area contributed by atoms with E-state index in [-0.39, 0.29) is 17.4 Å². The van der Waals surface area contributed by atoms with E-state index in [1.54, 1.807) is 12.1 Å². The molecule has 1 aromatic rings. The Labute approximate surface area is 199 Å². The monoisotopic (exact) mass is 464 g/mol. The largest absolute Gasteiger partial charge is 0.493 e. The molecular weight excluding hydrogens is 436 g/mol. The molecule has 2 heterocycles. The molecule has 2 aliphatic heterocycles. The zero-order valence-corrected chi connectivity index (χ0v) is 19.8. The van der Waals surface area contributed by atoms with Crippen molar-refractivity contribution >= 4 is 5.90 Å². The molecule has 3 fully saturated rings. The highest BCUT2D eigenvalue weighted by Gasteiger charge is 2.81. The van der Waals surface area contributed by atoms with Gasteiger partial charge in [-0.05, 0) is 30.9 Å². The third kappa shape index (κ3) is 2.76. The fourth-order valence-corrected chi connectivity index (χ4v) is 6.20. The second kappa shape index (κ2) is 8.38. The Hall–Kier alpha value is -3.48. The van der Waals surface area contributed by atoms with Crippen LogP contribution < -0.4 is 14.2 Å². The topological polar surface area (TPSA) is 141 Å². The average Bonchev–Trinajstić information content (AvgIpc) is 3.06. The molecule has 5 atom stereocenters. The molecule has 5 unspecified atom stereocenters. The molecule has 9 heteroatoms. The van der Waals surface area contributed by atoms with Crippen LogP contribution in [0.5, 0.6) is 17.2 Å². The third-order valence-electron chi connectivity index (χ3n) is 7.73. The number of nitriles is 3. The predicted octanol–water partition coefficient (Wildman–Crippen LogP) is 4.25. The Balaban J connectivity index is 1.98.